The Labute approximate surface area is 325 Å². The molecule has 0 saturated carbocycles. The number of amides is 2. The Morgan fingerprint density at radius 1 is 0.909 bits per heavy atom. The van der Waals surface area contributed by atoms with E-state index in [1.807, 2.05) is 32.6 Å². The number of benzene rings is 1. The highest BCUT2D eigenvalue weighted by Gasteiger charge is 2.41. The predicted octanol–water partition coefficient (Wildman–Crippen LogP) is 4.66. The number of likely N-dealkylation sites (tertiary alicyclic amines) is 1. The van der Waals surface area contributed by atoms with Gasteiger partial charge in [0.1, 0.15) is 22.1 Å². The summed E-state index contributed by atoms with van der Waals surface area (Å²) in [6, 6.07) is 4.93. The quantitative estimate of drug-likeness (QED) is 0.209. The standard InChI is InChI=1S/C39H51FN8O6S/c1-7-53-36(51)28-17-41-37(42-18-28)45-16-15-44(25(2)19-45)21-30-22-48(38(52)54-39(4,5)6)26(3)20-46(30)23-33(49)47-14-8-9-32(47)35-43-31(24-55-35)34(50)27-10-12-29(40)13-11-27/h10-13,17-18,24-26,30,32H,7-9,14-16,19-23H2,1-6H3/t25?,26-,30+,32?/m1/s1. The highest BCUT2D eigenvalue weighted by atomic mass is 32.1. The van der Waals surface area contributed by atoms with Gasteiger partial charge in [-0.3, -0.25) is 19.4 Å². The number of nitrogens with zero attached hydrogens (tertiary/aromatic N) is 8. The molecule has 0 bridgehead atoms. The number of thiazole rings is 1. The first-order chi connectivity index (χ1) is 26.2. The highest BCUT2D eigenvalue weighted by molar-refractivity contribution is 7.10. The zero-order valence-corrected chi connectivity index (χ0v) is 33.3. The lowest BCUT2D eigenvalue weighted by molar-refractivity contribution is -0.135. The van der Waals surface area contributed by atoms with Crippen molar-refractivity contribution < 1.29 is 33.0 Å². The highest BCUT2D eigenvalue weighted by Crippen LogP contribution is 2.35. The molecule has 3 aliphatic heterocycles. The largest absolute Gasteiger partial charge is 0.462 e. The molecule has 2 unspecified atom stereocenters. The fraction of sp³-hybridized carbons (Fsp3) is 0.564. The third-order valence-corrected chi connectivity index (χ3v) is 11.2. The Balaban J connectivity index is 1.14. The van der Waals surface area contributed by atoms with Crippen molar-refractivity contribution in [1.29, 1.82) is 0 Å². The third kappa shape index (κ3) is 9.65. The third-order valence-electron chi connectivity index (χ3n) is 10.3. The van der Waals surface area contributed by atoms with Crippen LogP contribution < -0.4 is 4.90 Å². The van der Waals surface area contributed by atoms with Gasteiger partial charge in [0, 0.05) is 87.3 Å². The maximum Gasteiger partial charge on any atom is 0.410 e. The van der Waals surface area contributed by atoms with Crippen LogP contribution in [0.4, 0.5) is 15.1 Å². The second-order valence-corrected chi connectivity index (χ2v) is 16.4. The normalized spacial score (nSPS) is 22.5. The number of halogens is 1. The number of ketones is 1. The second kappa shape index (κ2) is 17.1. The Hall–Kier alpha value is -4.54. The van der Waals surface area contributed by atoms with Crippen molar-refractivity contribution in [2.45, 2.75) is 84.2 Å². The first-order valence-corrected chi connectivity index (χ1v) is 19.9. The van der Waals surface area contributed by atoms with E-state index in [1.165, 1.54) is 48.0 Å². The molecule has 16 heteroatoms. The first kappa shape index (κ1) is 40.1. The van der Waals surface area contributed by atoms with E-state index in [1.54, 1.807) is 17.2 Å². The van der Waals surface area contributed by atoms with E-state index in [4.69, 9.17) is 9.47 Å². The van der Waals surface area contributed by atoms with Crippen molar-refractivity contribution in [2.75, 3.05) is 63.9 Å². The second-order valence-electron chi connectivity index (χ2n) is 15.5. The van der Waals surface area contributed by atoms with Gasteiger partial charge in [-0.1, -0.05) is 0 Å². The first-order valence-electron chi connectivity index (χ1n) is 19.0. The van der Waals surface area contributed by atoms with Gasteiger partial charge in [-0.2, -0.15) is 0 Å². The Kier molecular flexibility index (Phi) is 12.5. The van der Waals surface area contributed by atoms with Crippen LogP contribution in [0.3, 0.4) is 0 Å². The smallest absolute Gasteiger partial charge is 0.410 e. The Bertz CT molecular complexity index is 1840. The van der Waals surface area contributed by atoms with Crippen molar-refractivity contribution in [1.82, 2.24) is 34.6 Å². The minimum absolute atomic E-state index is 0.0201. The molecule has 2 amide bonds. The molecular formula is C39H51FN8O6S. The van der Waals surface area contributed by atoms with E-state index >= 15 is 0 Å². The minimum Gasteiger partial charge on any atom is -0.462 e. The molecule has 0 spiro atoms. The number of piperazine rings is 2. The van der Waals surface area contributed by atoms with Gasteiger partial charge >= 0.3 is 12.1 Å². The summed E-state index contributed by atoms with van der Waals surface area (Å²) in [5.41, 5.74) is 0.302. The van der Waals surface area contributed by atoms with E-state index in [0.717, 1.165) is 12.8 Å². The van der Waals surface area contributed by atoms with Crippen LogP contribution in [0.2, 0.25) is 0 Å². The average Bonchev–Trinajstić information content (AvgIpc) is 3.84. The number of anilines is 1. The molecule has 55 heavy (non-hydrogen) atoms. The molecule has 3 aromatic rings. The van der Waals surface area contributed by atoms with Crippen molar-refractivity contribution in [3.63, 3.8) is 0 Å². The molecular weight excluding hydrogens is 728 g/mol. The Morgan fingerprint density at radius 2 is 1.64 bits per heavy atom. The summed E-state index contributed by atoms with van der Waals surface area (Å²) in [5, 5.41) is 2.42. The lowest BCUT2D eigenvalue weighted by Gasteiger charge is -2.48. The fourth-order valence-corrected chi connectivity index (χ4v) is 8.40. The van der Waals surface area contributed by atoms with Gasteiger partial charge in [-0.25, -0.2) is 28.9 Å². The summed E-state index contributed by atoms with van der Waals surface area (Å²) in [7, 11) is 0. The zero-order chi connectivity index (χ0) is 39.4. The van der Waals surface area contributed by atoms with Crippen molar-refractivity contribution in [3.8, 4) is 0 Å². The van der Waals surface area contributed by atoms with E-state index < -0.39 is 17.4 Å². The molecule has 296 valence electrons. The van der Waals surface area contributed by atoms with Gasteiger partial charge in [0.05, 0.1) is 24.8 Å². The molecule has 1 aromatic carbocycles. The maximum absolute atomic E-state index is 14.2. The number of ether oxygens (including phenoxy) is 2. The molecule has 0 radical (unpaired) electrons. The van der Waals surface area contributed by atoms with E-state index in [-0.39, 0.29) is 60.8 Å². The van der Waals surface area contributed by atoms with Gasteiger partial charge in [-0.15, -0.1) is 11.3 Å². The Morgan fingerprint density at radius 3 is 2.31 bits per heavy atom. The van der Waals surface area contributed by atoms with Gasteiger partial charge in [0.2, 0.25) is 17.6 Å². The molecule has 6 rings (SSSR count). The van der Waals surface area contributed by atoms with Gasteiger partial charge in [-0.05, 0) is 78.6 Å². The minimum atomic E-state index is -0.648. The lowest BCUT2D eigenvalue weighted by Crippen LogP contribution is -2.65. The maximum atomic E-state index is 14.2. The summed E-state index contributed by atoms with van der Waals surface area (Å²) >= 11 is 1.36. The number of hydrogen-bond acceptors (Lipinski definition) is 13. The SMILES string of the molecule is CCOC(=O)c1cnc(N2CCN(C[C@H]3CN(C(=O)OC(C)(C)C)[C@H](C)CN3CC(=O)N3CCCC3c3nc(C(=O)c4ccc(F)cc4)cs3)C(C)C2)nc1. The van der Waals surface area contributed by atoms with Crippen molar-refractivity contribution in [3.05, 3.63) is 69.7 Å². The predicted molar refractivity (Wildman–Crippen MR) is 205 cm³/mol. The number of rotatable bonds is 10. The molecule has 0 N–H and O–H groups in total. The summed E-state index contributed by atoms with van der Waals surface area (Å²) in [6.45, 7) is 16.0. The lowest BCUT2D eigenvalue weighted by atomic mass is 10.0. The summed E-state index contributed by atoms with van der Waals surface area (Å²) in [5.74, 6) is -0.630. The summed E-state index contributed by atoms with van der Waals surface area (Å²) < 4.78 is 24.3. The molecule has 14 nitrogen and oxygen atoms in total. The summed E-state index contributed by atoms with van der Waals surface area (Å²) in [6.07, 6.45) is 4.18. The molecule has 0 aliphatic carbocycles. The van der Waals surface area contributed by atoms with Gasteiger partial charge in [0.25, 0.3) is 0 Å². The number of hydrogen-bond donors (Lipinski definition) is 0. The van der Waals surface area contributed by atoms with Crippen LogP contribution in [0, 0.1) is 5.82 Å². The average molecular weight is 779 g/mol. The summed E-state index contributed by atoms with van der Waals surface area (Å²) in [4.78, 5) is 76.7. The number of carbonyl (C=O) groups is 4. The number of carbonyl (C=O) groups excluding carboxylic acids is 4. The zero-order valence-electron chi connectivity index (χ0n) is 32.4. The van der Waals surface area contributed by atoms with Crippen LogP contribution in [0.1, 0.15) is 91.8 Å². The van der Waals surface area contributed by atoms with Gasteiger partial charge < -0.3 is 24.2 Å². The van der Waals surface area contributed by atoms with Gasteiger partial charge in [0.15, 0.2) is 0 Å². The van der Waals surface area contributed by atoms with Crippen LogP contribution in [-0.4, -0.2) is 141 Å². The topological polar surface area (TPSA) is 142 Å². The van der Waals surface area contributed by atoms with Crippen LogP contribution >= 0.6 is 11.3 Å². The molecule has 5 heterocycles. The van der Waals surface area contributed by atoms with E-state index in [0.29, 0.717) is 67.9 Å². The molecule has 3 fully saturated rings. The number of aromatic nitrogens is 3. The molecule has 2 aromatic heterocycles. The van der Waals surface area contributed by atoms with Crippen LogP contribution in [-0.2, 0) is 14.3 Å². The van der Waals surface area contributed by atoms with Crippen LogP contribution in [0.5, 0.6) is 0 Å². The van der Waals surface area contributed by atoms with Crippen LogP contribution in [0.25, 0.3) is 0 Å². The van der Waals surface area contributed by atoms with E-state index in [9.17, 15) is 23.6 Å². The molecule has 3 aliphatic rings. The van der Waals surface area contributed by atoms with Crippen molar-refractivity contribution in [2.24, 2.45) is 0 Å². The molecule has 3 saturated heterocycles. The fourth-order valence-electron chi connectivity index (χ4n) is 7.46. The van der Waals surface area contributed by atoms with E-state index in [2.05, 4.69) is 36.6 Å². The van der Waals surface area contributed by atoms with Crippen molar-refractivity contribution >= 4 is 41.0 Å². The molecule has 4 atom stereocenters. The monoisotopic (exact) mass is 778 g/mol. The number of esters is 1. The van der Waals surface area contributed by atoms with Crippen LogP contribution in [0.15, 0.2) is 42.0 Å².